The van der Waals surface area contributed by atoms with E-state index in [9.17, 15) is 0 Å². The Labute approximate surface area is 194 Å². The number of fused-ring (bicyclic) bond motifs is 1. The number of rotatable bonds is 6. The third-order valence-electron chi connectivity index (χ3n) is 4.81. The fourth-order valence-corrected chi connectivity index (χ4v) is 4.13. The monoisotopic (exact) mass is 473 g/mol. The molecule has 0 radical (unpaired) electrons. The molecule has 0 saturated carbocycles. The van der Waals surface area contributed by atoms with E-state index in [1.165, 1.54) is 14.2 Å². The molecule has 2 heterocycles. The van der Waals surface area contributed by atoms with Crippen LogP contribution in [0.2, 0.25) is 15.2 Å². The van der Waals surface area contributed by atoms with Crippen molar-refractivity contribution in [2.75, 3.05) is 19.5 Å². The Morgan fingerprint density at radius 2 is 1.58 bits per heavy atom. The summed E-state index contributed by atoms with van der Waals surface area (Å²) in [7, 11) is 3.07. The third-order valence-corrected chi connectivity index (χ3v) is 5.77. The van der Waals surface area contributed by atoms with Gasteiger partial charge >= 0.3 is 0 Å². The molecular formula is C23H18Cl3N3O2. The Morgan fingerprint density at radius 3 is 2.23 bits per heavy atom. The maximum Gasteiger partial charge on any atom is 0.141 e. The second kappa shape index (κ2) is 9.18. The van der Waals surface area contributed by atoms with Crippen molar-refractivity contribution in [3.63, 3.8) is 0 Å². The molecule has 31 heavy (non-hydrogen) atoms. The number of aromatic nitrogens is 2. The zero-order valence-corrected chi connectivity index (χ0v) is 19.0. The molecule has 158 valence electrons. The molecule has 0 atom stereocenters. The molecule has 0 bridgehead atoms. The Hall–Kier alpha value is -2.73. The molecule has 2 aromatic carbocycles. The molecule has 0 amide bonds. The molecule has 5 nitrogen and oxygen atoms in total. The average molecular weight is 475 g/mol. The van der Waals surface area contributed by atoms with Crippen LogP contribution in [0, 0.1) is 0 Å². The van der Waals surface area contributed by atoms with Crippen LogP contribution in [-0.4, -0.2) is 24.2 Å². The van der Waals surface area contributed by atoms with E-state index in [0.29, 0.717) is 50.3 Å². The molecule has 1 N–H and O–H groups in total. The van der Waals surface area contributed by atoms with Crippen molar-refractivity contribution in [3.05, 3.63) is 75.5 Å². The maximum atomic E-state index is 6.62. The van der Waals surface area contributed by atoms with E-state index >= 15 is 0 Å². The predicted octanol–water partition coefficient (Wildman–Crippen LogP) is 6.89. The molecule has 0 aliphatic carbocycles. The van der Waals surface area contributed by atoms with Crippen LogP contribution in [0.1, 0.15) is 5.56 Å². The van der Waals surface area contributed by atoms with Crippen LogP contribution >= 0.6 is 34.8 Å². The minimum absolute atomic E-state index is 0.344. The van der Waals surface area contributed by atoms with Crippen molar-refractivity contribution in [2.24, 2.45) is 0 Å². The Kier molecular flexibility index (Phi) is 6.37. The molecule has 4 aromatic rings. The number of methoxy groups -OCH3 is 2. The molecule has 0 aliphatic heterocycles. The van der Waals surface area contributed by atoms with Gasteiger partial charge < -0.3 is 14.8 Å². The van der Waals surface area contributed by atoms with E-state index in [0.717, 1.165) is 16.3 Å². The standard InChI is InChI=1S/C23H18Cl3N3O2/c1-30-17-10-18(31-2)22(26)20(21(17)25)16-8-14-12-27-19(24)9-15(14)23(29-16)28-11-13-6-4-3-5-7-13/h3-10,12H,11H2,1-2H3,(H,28,29). The lowest BCUT2D eigenvalue weighted by Gasteiger charge is -2.16. The molecule has 0 saturated heterocycles. The molecule has 0 unspecified atom stereocenters. The second-order valence-corrected chi connectivity index (χ2v) is 7.85. The molecule has 0 spiro atoms. The van der Waals surface area contributed by atoms with Crippen molar-refractivity contribution in [1.82, 2.24) is 9.97 Å². The van der Waals surface area contributed by atoms with Gasteiger partial charge in [-0.1, -0.05) is 65.1 Å². The fraction of sp³-hybridized carbons (Fsp3) is 0.130. The highest BCUT2D eigenvalue weighted by molar-refractivity contribution is 6.41. The first-order chi connectivity index (χ1) is 15.0. The number of nitrogens with zero attached hydrogens (tertiary/aromatic N) is 2. The van der Waals surface area contributed by atoms with Crippen LogP contribution in [0.4, 0.5) is 5.82 Å². The normalized spacial score (nSPS) is 10.9. The SMILES string of the molecule is COc1cc(OC)c(Cl)c(-c2cc3cnc(Cl)cc3c(NCc3ccccc3)n2)c1Cl. The first-order valence-electron chi connectivity index (χ1n) is 9.36. The lowest BCUT2D eigenvalue weighted by atomic mass is 10.1. The lowest BCUT2D eigenvalue weighted by molar-refractivity contribution is 0.395. The number of ether oxygens (including phenoxy) is 2. The van der Waals surface area contributed by atoms with Gasteiger partial charge in [-0.2, -0.15) is 0 Å². The fourth-order valence-electron chi connectivity index (χ4n) is 3.28. The van der Waals surface area contributed by atoms with Gasteiger partial charge in [0.2, 0.25) is 0 Å². The summed E-state index contributed by atoms with van der Waals surface area (Å²) in [6.45, 7) is 0.579. The van der Waals surface area contributed by atoms with E-state index < -0.39 is 0 Å². The minimum atomic E-state index is 0.344. The van der Waals surface area contributed by atoms with Crippen molar-refractivity contribution in [3.8, 4) is 22.8 Å². The topological polar surface area (TPSA) is 56.3 Å². The minimum Gasteiger partial charge on any atom is -0.495 e. The number of hydrogen-bond acceptors (Lipinski definition) is 5. The van der Waals surface area contributed by atoms with Crippen LogP contribution in [-0.2, 0) is 6.54 Å². The van der Waals surface area contributed by atoms with Gasteiger partial charge in [0.1, 0.15) is 22.5 Å². The maximum absolute atomic E-state index is 6.62. The van der Waals surface area contributed by atoms with E-state index in [2.05, 4.69) is 10.3 Å². The summed E-state index contributed by atoms with van der Waals surface area (Å²) in [6.07, 6.45) is 1.69. The van der Waals surface area contributed by atoms with Gasteiger partial charge in [0.05, 0.1) is 30.0 Å². The van der Waals surface area contributed by atoms with Crippen LogP contribution in [0.3, 0.4) is 0 Å². The summed E-state index contributed by atoms with van der Waals surface area (Å²) in [4.78, 5) is 9.03. The molecule has 4 rings (SSSR count). The van der Waals surface area contributed by atoms with Gasteiger partial charge in [-0.3, -0.25) is 0 Å². The predicted molar refractivity (Wildman–Crippen MR) is 127 cm³/mol. The molecule has 8 heteroatoms. The van der Waals surface area contributed by atoms with E-state index in [1.807, 2.05) is 36.4 Å². The number of benzene rings is 2. The van der Waals surface area contributed by atoms with Gasteiger partial charge in [-0.25, -0.2) is 9.97 Å². The molecule has 2 aromatic heterocycles. The summed E-state index contributed by atoms with van der Waals surface area (Å²) in [6, 6.07) is 15.3. The smallest absolute Gasteiger partial charge is 0.141 e. The van der Waals surface area contributed by atoms with Crippen LogP contribution in [0.25, 0.3) is 22.0 Å². The van der Waals surface area contributed by atoms with Gasteiger partial charge in [0.25, 0.3) is 0 Å². The average Bonchev–Trinajstić information content (AvgIpc) is 2.78. The van der Waals surface area contributed by atoms with Crippen LogP contribution in [0.15, 0.2) is 54.7 Å². The van der Waals surface area contributed by atoms with Gasteiger partial charge in [0, 0.05) is 35.1 Å². The summed E-state index contributed by atoms with van der Waals surface area (Å²) >= 11 is 19.4. The van der Waals surface area contributed by atoms with E-state index in [-0.39, 0.29) is 0 Å². The van der Waals surface area contributed by atoms with Gasteiger partial charge in [-0.05, 0) is 17.7 Å². The van der Waals surface area contributed by atoms with Crippen molar-refractivity contribution in [2.45, 2.75) is 6.54 Å². The quantitative estimate of drug-likeness (QED) is 0.308. The Morgan fingerprint density at radius 1 is 0.903 bits per heavy atom. The molecule has 0 fully saturated rings. The largest absolute Gasteiger partial charge is 0.495 e. The number of nitrogens with one attached hydrogen (secondary N) is 1. The highest BCUT2D eigenvalue weighted by atomic mass is 35.5. The summed E-state index contributed by atoms with van der Waals surface area (Å²) in [5.74, 6) is 1.51. The summed E-state index contributed by atoms with van der Waals surface area (Å²) in [5, 5.41) is 6.12. The zero-order valence-electron chi connectivity index (χ0n) is 16.7. The van der Waals surface area contributed by atoms with E-state index in [1.54, 1.807) is 18.3 Å². The summed E-state index contributed by atoms with van der Waals surface area (Å²) < 4.78 is 10.8. The van der Waals surface area contributed by atoms with Crippen molar-refractivity contribution >= 4 is 51.4 Å². The second-order valence-electron chi connectivity index (χ2n) is 6.71. The highest BCUT2D eigenvalue weighted by Gasteiger charge is 2.21. The highest BCUT2D eigenvalue weighted by Crippen LogP contribution is 2.46. The van der Waals surface area contributed by atoms with Crippen LogP contribution < -0.4 is 14.8 Å². The lowest BCUT2D eigenvalue weighted by Crippen LogP contribution is -2.04. The summed E-state index contributed by atoms with van der Waals surface area (Å²) in [5.41, 5.74) is 2.18. The number of pyridine rings is 2. The Balaban J connectivity index is 1.89. The zero-order chi connectivity index (χ0) is 22.0. The van der Waals surface area contributed by atoms with Crippen LogP contribution in [0.5, 0.6) is 11.5 Å². The van der Waals surface area contributed by atoms with Gasteiger partial charge in [-0.15, -0.1) is 0 Å². The number of anilines is 1. The van der Waals surface area contributed by atoms with Crippen molar-refractivity contribution in [1.29, 1.82) is 0 Å². The molecule has 0 aliphatic rings. The number of halogens is 3. The third kappa shape index (κ3) is 4.35. The number of hydrogen-bond donors (Lipinski definition) is 1. The van der Waals surface area contributed by atoms with Crippen molar-refractivity contribution < 1.29 is 9.47 Å². The Bertz CT molecular complexity index is 1220. The van der Waals surface area contributed by atoms with Gasteiger partial charge in [0.15, 0.2) is 0 Å². The first-order valence-corrected chi connectivity index (χ1v) is 10.5. The van der Waals surface area contributed by atoms with E-state index in [4.69, 9.17) is 49.3 Å². The first kappa shape index (κ1) is 21.5. The molecular weight excluding hydrogens is 457 g/mol.